The number of amides is 3. The first-order valence-corrected chi connectivity index (χ1v) is 8.95. The van der Waals surface area contributed by atoms with E-state index in [0.717, 1.165) is 15.5 Å². The van der Waals surface area contributed by atoms with Crippen molar-refractivity contribution in [1.29, 1.82) is 0 Å². The normalized spacial score (nSPS) is 11.5. The first-order valence-electron chi connectivity index (χ1n) is 7.73. The summed E-state index contributed by atoms with van der Waals surface area (Å²) in [6.45, 7) is 4.46. The number of rotatable bonds is 8. The smallest absolute Gasteiger partial charge is 0.414 e. The molecule has 0 aliphatic heterocycles. The summed E-state index contributed by atoms with van der Waals surface area (Å²) in [5.41, 5.74) is 0.751. The zero-order valence-corrected chi connectivity index (χ0v) is 15.0. The van der Waals surface area contributed by atoms with Gasteiger partial charge in [-0.15, -0.1) is 11.8 Å². The maximum atomic E-state index is 12.2. The van der Waals surface area contributed by atoms with Crippen LogP contribution in [0.25, 0.3) is 0 Å². The van der Waals surface area contributed by atoms with Crippen LogP contribution in [-0.4, -0.2) is 50.4 Å². The molecule has 0 aliphatic rings. The van der Waals surface area contributed by atoms with Crippen molar-refractivity contribution in [3.8, 4) is 0 Å². The van der Waals surface area contributed by atoms with Crippen molar-refractivity contribution < 1.29 is 24.0 Å². The van der Waals surface area contributed by atoms with Gasteiger partial charge in [0, 0.05) is 4.90 Å². The number of thioether (sulfide) groups is 1. The Kier molecular flexibility index (Phi) is 8.88. The van der Waals surface area contributed by atoms with Crippen molar-refractivity contribution in [3.05, 3.63) is 24.3 Å². The predicted octanol–water partition coefficient (Wildman–Crippen LogP) is 0.525. The number of hydrogen-bond acceptors (Lipinski definition) is 5. The van der Waals surface area contributed by atoms with Gasteiger partial charge in [-0.05, 0) is 32.2 Å². The maximum Gasteiger partial charge on any atom is 0.414 e. The molecule has 0 heterocycles. The zero-order chi connectivity index (χ0) is 17.9. The van der Waals surface area contributed by atoms with Gasteiger partial charge in [0.2, 0.25) is 0 Å². The van der Waals surface area contributed by atoms with Crippen LogP contribution in [-0.2, 0) is 14.3 Å². The highest BCUT2D eigenvalue weighted by atomic mass is 32.2. The third-order valence-electron chi connectivity index (χ3n) is 3.22. The number of likely N-dealkylation sites (N-methyl/N-ethyl adjacent to an activating group) is 1. The van der Waals surface area contributed by atoms with Crippen LogP contribution in [0.1, 0.15) is 13.8 Å². The average Bonchev–Trinajstić information content (AvgIpc) is 2.54. The number of anilines is 1. The van der Waals surface area contributed by atoms with Crippen molar-refractivity contribution in [2.75, 3.05) is 37.8 Å². The molecule has 1 aromatic carbocycles. The van der Waals surface area contributed by atoms with Gasteiger partial charge in [0.1, 0.15) is 0 Å². The SMILES string of the molecule is CCOC(=O)NC(=O)C[NH+](CC)CC(=O)Nc1ccccc1SC. The highest BCUT2D eigenvalue weighted by Gasteiger charge is 2.19. The molecule has 1 rings (SSSR count). The third-order valence-corrected chi connectivity index (χ3v) is 4.01. The van der Waals surface area contributed by atoms with Gasteiger partial charge in [0.15, 0.2) is 13.1 Å². The summed E-state index contributed by atoms with van der Waals surface area (Å²) < 4.78 is 4.65. The summed E-state index contributed by atoms with van der Waals surface area (Å²) in [7, 11) is 0. The Morgan fingerprint density at radius 2 is 1.79 bits per heavy atom. The van der Waals surface area contributed by atoms with Gasteiger partial charge in [-0.2, -0.15) is 0 Å². The number of carbonyl (C=O) groups excluding carboxylic acids is 3. The Balaban J connectivity index is 2.53. The lowest BCUT2D eigenvalue weighted by Gasteiger charge is -2.17. The van der Waals surface area contributed by atoms with E-state index in [1.54, 1.807) is 18.7 Å². The van der Waals surface area contributed by atoms with Crippen molar-refractivity contribution >= 4 is 35.4 Å². The molecular weight excluding hydrogens is 330 g/mol. The molecular formula is C16H24N3O4S+. The number of imide groups is 1. The van der Waals surface area contributed by atoms with Gasteiger partial charge < -0.3 is 15.0 Å². The van der Waals surface area contributed by atoms with E-state index in [0.29, 0.717) is 6.54 Å². The molecule has 0 radical (unpaired) electrons. The van der Waals surface area contributed by atoms with Crippen molar-refractivity contribution in [3.63, 3.8) is 0 Å². The van der Waals surface area contributed by atoms with Crippen LogP contribution in [0.2, 0.25) is 0 Å². The highest BCUT2D eigenvalue weighted by Crippen LogP contribution is 2.24. The summed E-state index contributed by atoms with van der Waals surface area (Å²) in [6.07, 6.45) is 1.17. The monoisotopic (exact) mass is 354 g/mol. The molecule has 0 bridgehead atoms. The second-order valence-corrected chi connectivity index (χ2v) is 5.82. The minimum atomic E-state index is -0.767. The van der Waals surface area contributed by atoms with Crippen LogP contribution in [0.15, 0.2) is 29.2 Å². The van der Waals surface area contributed by atoms with E-state index in [-0.39, 0.29) is 25.6 Å². The Bertz CT molecular complexity index is 580. The predicted molar refractivity (Wildman–Crippen MR) is 93.3 cm³/mol. The maximum absolute atomic E-state index is 12.2. The fraction of sp³-hybridized carbons (Fsp3) is 0.438. The van der Waals surface area contributed by atoms with Gasteiger partial charge in [-0.1, -0.05) is 12.1 Å². The Morgan fingerprint density at radius 3 is 2.42 bits per heavy atom. The number of alkyl carbamates (subject to hydrolysis) is 1. The molecule has 0 spiro atoms. The third kappa shape index (κ3) is 7.01. The van der Waals surface area contributed by atoms with E-state index in [1.807, 2.05) is 37.4 Å². The Hall–Kier alpha value is -2.06. The van der Waals surface area contributed by atoms with Crippen LogP contribution in [0.5, 0.6) is 0 Å². The fourth-order valence-corrected chi connectivity index (χ4v) is 2.59. The largest absolute Gasteiger partial charge is 0.450 e. The molecule has 0 saturated heterocycles. The average molecular weight is 354 g/mol. The van der Waals surface area contributed by atoms with Crippen molar-refractivity contribution in [2.24, 2.45) is 0 Å². The second-order valence-electron chi connectivity index (χ2n) is 4.97. The minimum absolute atomic E-state index is 0.0207. The number of nitrogens with one attached hydrogen (secondary N) is 3. The highest BCUT2D eigenvalue weighted by molar-refractivity contribution is 7.98. The lowest BCUT2D eigenvalue weighted by Crippen LogP contribution is -3.14. The summed E-state index contributed by atoms with van der Waals surface area (Å²) in [6, 6.07) is 7.53. The molecule has 1 atom stereocenters. The lowest BCUT2D eigenvalue weighted by molar-refractivity contribution is -0.881. The molecule has 132 valence electrons. The number of benzene rings is 1. The summed E-state index contributed by atoms with van der Waals surface area (Å²) in [4.78, 5) is 36.9. The van der Waals surface area contributed by atoms with E-state index in [4.69, 9.17) is 0 Å². The lowest BCUT2D eigenvalue weighted by atomic mass is 10.3. The number of hydrogen-bond donors (Lipinski definition) is 3. The van der Waals surface area contributed by atoms with Crippen LogP contribution in [0.3, 0.4) is 0 Å². The minimum Gasteiger partial charge on any atom is -0.450 e. The summed E-state index contributed by atoms with van der Waals surface area (Å²) in [5, 5.41) is 4.99. The molecule has 0 aliphatic carbocycles. The molecule has 1 aromatic rings. The van der Waals surface area contributed by atoms with E-state index in [2.05, 4.69) is 15.4 Å². The Morgan fingerprint density at radius 1 is 1.12 bits per heavy atom. The zero-order valence-electron chi connectivity index (χ0n) is 14.2. The van der Waals surface area contributed by atoms with Crippen molar-refractivity contribution in [2.45, 2.75) is 18.7 Å². The van der Waals surface area contributed by atoms with Crippen LogP contribution in [0.4, 0.5) is 10.5 Å². The molecule has 3 N–H and O–H groups in total. The number of ether oxygens (including phenoxy) is 1. The van der Waals surface area contributed by atoms with Crippen molar-refractivity contribution in [1.82, 2.24) is 5.32 Å². The van der Waals surface area contributed by atoms with Gasteiger partial charge in [0.25, 0.3) is 11.8 Å². The molecule has 7 nitrogen and oxygen atoms in total. The molecule has 1 unspecified atom stereocenters. The quantitative estimate of drug-likeness (QED) is 0.593. The summed E-state index contributed by atoms with van der Waals surface area (Å²) >= 11 is 1.55. The van der Waals surface area contributed by atoms with Gasteiger partial charge in [0.05, 0.1) is 18.8 Å². The van der Waals surface area contributed by atoms with Gasteiger partial charge in [-0.3, -0.25) is 14.9 Å². The topological polar surface area (TPSA) is 88.9 Å². The molecule has 0 aromatic heterocycles. The fourth-order valence-electron chi connectivity index (χ4n) is 2.03. The number of quaternary nitrogens is 1. The van der Waals surface area contributed by atoms with E-state index < -0.39 is 12.0 Å². The van der Waals surface area contributed by atoms with Gasteiger partial charge in [-0.25, -0.2) is 4.79 Å². The number of para-hydroxylation sites is 1. The first-order chi connectivity index (χ1) is 11.5. The van der Waals surface area contributed by atoms with E-state index >= 15 is 0 Å². The molecule has 3 amide bonds. The summed E-state index contributed by atoms with van der Waals surface area (Å²) in [5.74, 6) is -0.653. The van der Waals surface area contributed by atoms with Crippen LogP contribution >= 0.6 is 11.8 Å². The second kappa shape index (κ2) is 10.7. The Labute approximate surface area is 146 Å². The van der Waals surface area contributed by atoms with Crippen LogP contribution < -0.4 is 15.5 Å². The number of carbonyl (C=O) groups is 3. The van der Waals surface area contributed by atoms with Gasteiger partial charge >= 0.3 is 6.09 Å². The molecule has 0 saturated carbocycles. The molecule has 24 heavy (non-hydrogen) atoms. The van der Waals surface area contributed by atoms with Crippen LogP contribution in [0, 0.1) is 0 Å². The standard InChI is InChI=1S/C16H23N3O4S/c1-4-19(11-15(21)18-16(22)23-5-2)10-14(20)17-12-8-6-7-9-13(12)24-3/h6-9H,4-5,10-11H2,1-3H3,(H,17,20)(H,18,21,22)/p+1. The first kappa shape index (κ1) is 20.0. The molecule has 0 fully saturated rings. The van der Waals surface area contributed by atoms with E-state index in [9.17, 15) is 14.4 Å². The molecule has 8 heteroatoms. The van der Waals surface area contributed by atoms with E-state index in [1.165, 1.54) is 0 Å².